The largest absolute Gasteiger partial charge is 0.181 e. The molecule has 74 valence electrons. The lowest BCUT2D eigenvalue weighted by atomic mass is 10.4. The van der Waals surface area contributed by atoms with E-state index in [1.165, 1.54) is 12.8 Å². The highest BCUT2D eigenvalue weighted by Gasteiger charge is 2.12. The summed E-state index contributed by atoms with van der Waals surface area (Å²) in [4.78, 5) is 1.64. The summed E-state index contributed by atoms with van der Waals surface area (Å²) in [5.41, 5.74) is 0. The quantitative estimate of drug-likeness (QED) is 0.584. The Morgan fingerprint density at radius 1 is 1.00 bits per heavy atom. The molecular weight excluding hydrogens is 164 g/mol. The molecule has 0 aromatic heterocycles. The molecule has 2 atom stereocenters. The van der Waals surface area contributed by atoms with E-state index in [1.54, 1.807) is 4.86 Å². The molecule has 0 nitrogen and oxygen atoms in total. The zero-order valence-electron chi connectivity index (χ0n) is 9.48. The molecule has 0 rings (SSSR count). The van der Waals surface area contributed by atoms with Gasteiger partial charge in [0, 0.05) is 0 Å². The van der Waals surface area contributed by atoms with Gasteiger partial charge in [-0.1, -0.05) is 32.6 Å². The van der Waals surface area contributed by atoms with E-state index in [1.807, 2.05) is 0 Å². The third-order valence-corrected chi connectivity index (χ3v) is 5.83. The Kier molecular flexibility index (Phi) is 5.90. The van der Waals surface area contributed by atoms with Crippen molar-refractivity contribution >= 4 is 15.3 Å². The van der Waals surface area contributed by atoms with Crippen LogP contribution in [0.4, 0.5) is 0 Å². The van der Waals surface area contributed by atoms with E-state index in [0.29, 0.717) is 10.5 Å². The summed E-state index contributed by atoms with van der Waals surface area (Å²) in [6.45, 7) is 14.0. The molecule has 0 amide bonds. The third-order valence-electron chi connectivity index (χ3n) is 2.49. The van der Waals surface area contributed by atoms with Gasteiger partial charge in [-0.05, 0) is 37.2 Å². The van der Waals surface area contributed by atoms with Crippen LogP contribution in [0.25, 0.3) is 0 Å². The average molecular weight is 188 g/mol. The summed E-state index contributed by atoms with van der Waals surface area (Å²) in [6.07, 6.45) is 2.64. The van der Waals surface area contributed by atoms with Crippen LogP contribution < -0.4 is 0 Å². The fourth-order valence-corrected chi connectivity index (χ4v) is 4.68. The van der Waals surface area contributed by atoms with E-state index in [0.717, 1.165) is 10.5 Å². The van der Waals surface area contributed by atoms with Crippen molar-refractivity contribution in [3.8, 4) is 0 Å². The van der Waals surface area contributed by atoms with Crippen LogP contribution in [-0.4, -0.2) is 15.4 Å². The second-order valence-corrected chi connectivity index (χ2v) is 6.89. The fraction of sp³-hybridized carbons (Fsp3) is 0.909. The molecular formula is C11H24S. The highest BCUT2D eigenvalue weighted by Crippen LogP contribution is 2.32. The molecule has 0 aromatic rings. The maximum Gasteiger partial charge on any atom is -0.00315 e. The molecule has 0 radical (unpaired) electrons. The normalized spacial score (nSPS) is 18.5. The summed E-state index contributed by atoms with van der Waals surface area (Å²) >= 11 is 0. The molecule has 0 saturated heterocycles. The van der Waals surface area contributed by atoms with Crippen LogP contribution in [-0.2, 0) is 0 Å². The van der Waals surface area contributed by atoms with Crippen LogP contribution in [0.1, 0.15) is 54.4 Å². The first-order valence-corrected chi connectivity index (χ1v) is 6.41. The van der Waals surface area contributed by atoms with Crippen LogP contribution >= 0.6 is 10.5 Å². The lowest BCUT2D eigenvalue weighted by Gasteiger charge is -2.24. The van der Waals surface area contributed by atoms with Crippen molar-refractivity contribution in [2.75, 3.05) is 0 Å². The zero-order valence-corrected chi connectivity index (χ0v) is 10.3. The molecule has 0 spiro atoms. The minimum absolute atomic E-state index is 0.551. The highest BCUT2D eigenvalue weighted by molar-refractivity contribution is 8.16. The highest BCUT2D eigenvalue weighted by atomic mass is 32.2. The maximum absolute atomic E-state index is 2.39. The minimum atomic E-state index is 0.551. The van der Waals surface area contributed by atoms with Gasteiger partial charge in [0.05, 0.1) is 0 Å². The van der Waals surface area contributed by atoms with Crippen molar-refractivity contribution in [2.45, 2.75) is 64.9 Å². The molecule has 0 fully saturated rings. The van der Waals surface area contributed by atoms with Gasteiger partial charge >= 0.3 is 0 Å². The van der Waals surface area contributed by atoms with Gasteiger partial charge in [-0.2, -0.15) is 10.5 Å². The summed E-state index contributed by atoms with van der Waals surface area (Å²) in [5.74, 6) is 0. The summed E-state index contributed by atoms with van der Waals surface area (Å²) in [6, 6.07) is 0. The van der Waals surface area contributed by atoms with Crippen LogP contribution in [0, 0.1) is 0 Å². The van der Waals surface area contributed by atoms with Crippen LogP contribution in [0.5, 0.6) is 0 Å². The van der Waals surface area contributed by atoms with E-state index in [4.69, 9.17) is 0 Å². The van der Waals surface area contributed by atoms with Gasteiger partial charge in [-0.3, -0.25) is 0 Å². The Labute approximate surface area is 80.7 Å². The number of rotatable bonds is 4. The first-order chi connectivity index (χ1) is 5.54. The molecule has 0 bridgehead atoms. The average Bonchev–Trinajstić information content (AvgIpc) is 2.03. The van der Waals surface area contributed by atoms with Gasteiger partial charge in [-0.25, -0.2) is 0 Å². The minimum Gasteiger partial charge on any atom is -0.181 e. The van der Waals surface area contributed by atoms with Crippen LogP contribution in [0.2, 0.25) is 0 Å². The van der Waals surface area contributed by atoms with Crippen LogP contribution in [0.15, 0.2) is 0 Å². The monoisotopic (exact) mass is 188 g/mol. The molecule has 0 aliphatic rings. The smallest absolute Gasteiger partial charge is 0.00315 e. The van der Waals surface area contributed by atoms with Crippen LogP contribution in [0.3, 0.4) is 0 Å². The Morgan fingerprint density at radius 3 is 1.50 bits per heavy atom. The van der Waals surface area contributed by atoms with Gasteiger partial charge in [0.15, 0.2) is 0 Å². The Bertz CT molecular complexity index is 142. The molecule has 1 heteroatoms. The second-order valence-electron chi connectivity index (χ2n) is 3.72. The molecule has 0 heterocycles. The molecule has 0 saturated carbocycles. The van der Waals surface area contributed by atoms with Crippen molar-refractivity contribution < 1.29 is 0 Å². The molecule has 0 aromatic carbocycles. The van der Waals surface area contributed by atoms with Gasteiger partial charge in [-0.15, -0.1) is 0 Å². The van der Waals surface area contributed by atoms with Crippen molar-refractivity contribution in [3.05, 3.63) is 0 Å². The lowest BCUT2D eigenvalue weighted by Crippen LogP contribution is -2.10. The van der Waals surface area contributed by atoms with Crippen molar-refractivity contribution in [1.29, 1.82) is 0 Å². The Morgan fingerprint density at radius 2 is 1.33 bits per heavy atom. The van der Waals surface area contributed by atoms with Gasteiger partial charge in [0.25, 0.3) is 0 Å². The zero-order chi connectivity index (χ0) is 9.72. The predicted octanol–water partition coefficient (Wildman–Crippen LogP) is 4.06. The molecule has 0 aliphatic carbocycles. The second kappa shape index (κ2) is 5.80. The fourth-order valence-electron chi connectivity index (χ4n) is 1.56. The van der Waals surface area contributed by atoms with Gasteiger partial charge in [0.2, 0.25) is 0 Å². The van der Waals surface area contributed by atoms with E-state index in [2.05, 4.69) is 41.5 Å². The van der Waals surface area contributed by atoms with E-state index in [-0.39, 0.29) is 0 Å². The van der Waals surface area contributed by atoms with E-state index in [9.17, 15) is 0 Å². The van der Waals surface area contributed by atoms with E-state index < -0.39 is 0 Å². The van der Waals surface area contributed by atoms with E-state index >= 15 is 0 Å². The molecule has 0 N–H and O–H groups in total. The van der Waals surface area contributed by atoms with Gasteiger partial charge in [0.1, 0.15) is 0 Å². The van der Waals surface area contributed by atoms with Gasteiger partial charge < -0.3 is 0 Å². The first kappa shape index (κ1) is 12.2. The summed E-state index contributed by atoms with van der Waals surface area (Å²) in [7, 11) is 0.551. The standard InChI is InChI=1S/C11H24S/c1-7-10(5)12(9(3)4)11(6)8-2/h10-11H,7-8H2,1-6H3. The first-order valence-electron chi connectivity index (χ1n) is 5.06. The molecule has 2 unspecified atom stereocenters. The van der Waals surface area contributed by atoms with Crippen molar-refractivity contribution in [3.63, 3.8) is 0 Å². The van der Waals surface area contributed by atoms with Crippen molar-refractivity contribution in [1.82, 2.24) is 0 Å². The Balaban J connectivity index is 4.57. The SMILES string of the molecule is CCC(C)S(=C(C)C)C(C)CC. The molecule has 12 heavy (non-hydrogen) atoms. The maximum atomic E-state index is 2.39. The van der Waals surface area contributed by atoms with Crippen molar-refractivity contribution in [2.24, 2.45) is 0 Å². The lowest BCUT2D eigenvalue weighted by molar-refractivity contribution is 0.857. The third kappa shape index (κ3) is 3.30. The number of hydrogen-bond donors (Lipinski definition) is 0. The number of hydrogen-bond acceptors (Lipinski definition) is 0. The Hall–Kier alpha value is 0.220. The molecule has 0 aliphatic heterocycles. The summed E-state index contributed by atoms with van der Waals surface area (Å²) in [5, 5.41) is 1.76. The topological polar surface area (TPSA) is 0 Å². The summed E-state index contributed by atoms with van der Waals surface area (Å²) < 4.78 is 0. The predicted molar refractivity (Wildman–Crippen MR) is 63.5 cm³/mol.